The van der Waals surface area contributed by atoms with E-state index in [1.54, 1.807) is 24.3 Å². The van der Waals surface area contributed by atoms with E-state index in [9.17, 15) is 13.2 Å². The number of rotatable bonds is 6. The molecule has 27 heavy (non-hydrogen) atoms. The molecule has 2 saturated heterocycles. The van der Waals surface area contributed by atoms with Gasteiger partial charge in [-0.05, 0) is 31.9 Å². The van der Waals surface area contributed by atoms with E-state index in [4.69, 9.17) is 4.74 Å². The van der Waals surface area contributed by atoms with Crippen molar-refractivity contribution in [3.05, 3.63) is 29.8 Å². The summed E-state index contributed by atoms with van der Waals surface area (Å²) in [7, 11) is -3.62. The number of morpholine rings is 1. The Morgan fingerprint density at radius 3 is 2.59 bits per heavy atom. The van der Waals surface area contributed by atoms with Gasteiger partial charge in [-0.3, -0.25) is 4.90 Å². The van der Waals surface area contributed by atoms with Crippen molar-refractivity contribution in [3.8, 4) is 0 Å². The molecule has 1 unspecified atom stereocenters. The molecule has 0 aliphatic carbocycles. The first-order chi connectivity index (χ1) is 13.0. The lowest BCUT2D eigenvalue weighted by atomic mass is 10.2. The summed E-state index contributed by atoms with van der Waals surface area (Å²) in [6, 6.07) is 6.46. The Balaban J connectivity index is 1.52. The lowest BCUT2D eigenvalue weighted by Gasteiger charge is -2.27. The maximum absolute atomic E-state index is 12.9. The second-order valence-electron chi connectivity index (χ2n) is 6.94. The van der Waals surface area contributed by atoms with E-state index in [0.29, 0.717) is 19.5 Å². The van der Waals surface area contributed by atoms with Gasteiger partial charge in [-0.15, -0.1) is 0 Å². The zero-order valence-corrected chi connectivity index (χ0v) is 16.5. The van der Waals surface area contributed by atoms with Crippen LogP contribution < -0.4 is 10.6 Å². The molecule has 9 heteroatoms. The Bertz CT molecular complexity index is 732. The van der Waals surface area contributed by atoms with Gasteiger partial charge < -0.3 is 15.4 Å². The van der Waals surface area contributed by atoms with Crippen molar-refractivity contribution in [1.29, 1.82) is 0 Å². The maximum atomic E-state index is 12.9. The van der Waals surface area contributed by atoms with Crippen molar-refractivity contribution < 1.29 is 17.9 Å². The number of nitrogens with zero attached hydrogens (tertiary/aromatic N) is 2. The van der Waals surface area contributed by atoms with Crippen LogP contribution in [0.1, 0.15) is 18.4 Å². The van der Waals surface area contributed by atoms with Gasteiger partial charge in [-0.1, -0.05) is 17.7 Å². The van der Waals surface area contributed by atoms with E-state index in [-0.39, 0.29) is 10.9 Å². The third-order valence-electron chi connectivity index (χ3n) is 4.95. The molecule has 1 aromatic carbocycles. The highest BCUT2D eigenvalue weighted by Gasteiger charge is 2.36. The summed E-state index contributed by atoms with van der Waals surface area (Å²) in [5, 5.41) is 5.63. The Morgan fingerprint density at radius 1 is 1.19 bits per heavy atom. The van der Waals surface area contributed by atoms with Crippen LogP contribution in [0.25, 0.3) is 0 Å². The summed E-state index contributed by atoms with van der Waals surface area (Å²) in [5.41, 5.74) is 1.00. The number of hydrogen-bond acceptors (Lipinski definition) is 5. The molecular formula is C18H28N4O4S. The summed E-state index contributed by atoms with van der Waals surface area (Å²) in [6.45, 7) is 6.78. The van der Waals surface area contributed by atoms with Crippen molar-refractivity contribution in [2.24, 2.45) is 0 Å². The predicted molar refractivity (Wildman–Crippen MR) is 102 cm³/mol. The number of benzene rings is 1. The molecule has 2 N–H and O–H groups in total. The van der Waals surface area contributed by atoms with Gasteiger partial charge in [0, 0.05) is 32.7 Å². The fraction of sp³-hybridized carbons (Fsp3) is 0.611. The fourth-order valence-electron chi connectivity index (χ4n) is 3.37. The third-order valence-corrected chi connectivity index (χ3v) is 6.87. The van der Waals surface area contributed by atoms with Gasteiger partial charge in [0.2, 0.25) is 10.0 Å². The minimum absolute atomic E-state index is 0.259. The Morgan fingerprint density at radius 2 is 1.89 bits per heavy atom. The number of carbonyl (C=O) groups excluding carboxylic acids is 1. The first-order valence-corrected chi connectivity index (χ1v) is 10.8. The minimum Gasteiger partial charge on any atom is -0.379 e. The Hall–Kier alpha value is -1.68. The standard InChI is InChI=1S/C18H28N4O4S/c1-15-4-6-16(7-5-15)27(24,25)22-9-2-3-17(22)20-18(23)19-8-10-21-11-13-26-14-12-21/h4-7,17H,2-3,8-14H2,1H3,(H2,19,20,23). The smallest absolute Gasteiger partial charge is 0.316 e. The molecule has 0 bridgehead atoms. The van der Waals surface area contributed by atoms with Gasteiger partial charge in [0.25, 0.3) is 0 Å². The zero-order valence-electron chi connectivity index (χ0n) is 15.7. The normalized spacial score (nSPS) is 21.9. The van der Waals surface area contributed by atoms with Crippen LogP contribution in [0.2, 0.25) is 0 Å². The average Bonchev–Trinajstić information content (AvgIpc) is 3.12. The van der Waals surface area contributed by atoms with Crippen LogP contribution in [0.4, 0.5) is 4.79 Å². The number of urea groups is 1. The molecule has 2 aliphatic heterocycles. The Labute approximate surface area is 160 Å². The SMILES string of the molecule is Cc1ccc(S(=O)(=O)N2CCCC2NC(=O)NCCN2CCOCC2)cc1. The van der Waals surface area contributed by atoms with Gasteiger partial charge in [-0.25, -0.2) is 13.2 Å². The minimum atomic E-state index is -3.62. The van der Waals surface area contributed by atoms with Crippen LogP contribution in [-0.2, 0) is 14.8 Å². The first-order valence-electron chi connectivity index (χ1n) is 9.40. The van der Waals surface area contributed by atoms with Crippen molar-refractivity contribution in [1.82, 2.24) is 19.8 Å². The summed E-state index contributed by atoms with van der Waals surface area (Å²) < 4.78 is 32.5. The Kier molecular flexibility index (Phi) is 6.69. The second-order valence-corrected chi connectivity index (χ2v) is 8.83. The van der Waals surface area contributed by atoms with E-state index in [0.717, 1.165) is 44.8 Å². The molecule has 0 aromatic heterocycles. The van der Waals surface area contributed by atoms with Gasteiger partial charge in [-0.2, -0.15) is 4.31 Å². The molecule has 0 saturated carbocycles. The van der Waals surface area contributed by atoms with Crippen LogP contribution in [0.15, 0.2) is 29.2 Å². The average molecular weight is 397 g/mol. The van der Waals surface area contributed by atoms with Crippen LogP contribution in [0, 0.1) is 6.92 Å². The zero-order chi connectivity index (χ0) is 19.3. The van der Waals surface area contributed by atoms with Gasteiger partial charge >= 0.3 is 6.03 Å². The quantitative estimate of drug-likeness (QED) is 0.740. The summed E-state index contributed by atoms with van der Waals surface area (Å²) in [5.74, 6) is 0. The maximum Gasteiger partial charge on any atom is 0.316 e. The van der Waals surface area contributed by atoms with Crippen LogP contribution in [0.5, 0.6) is 0 Å². The first kappa shape index (κ1) is 20.1. The molecule has 1 aromatic rings. The van der Waals surface area contributed by atoms with Crippen molar-refractivity contribution >= 4 is 16.1 Å². The second kappa shape index (κ2) is 9.01. The van der Waals surface area contributed by atoms with E-state index in [1.165, 1.54) is 4.31 Å². The number of ether oxygens (including phenoxy) is 1. The number of carbonyl (C=O) groups is 1. The summed E-state index contributed by atoms with van der Waals surface area (Å²) in [6.07, 6.45) is 0.825. The largest absolute Gasteiger partial charge is 0.379 e. The molecular weight excluding hydrogens is 368 g/mol. The lowest BCUT2D eigenvalue weighted by Crippen LogP contribution is -2.51. The fourth-order valence-corrected chi connectivity index (χ4v) is 4.99. The van der Waals surface area contributed by atoms with E-state index in [1.807, 2.05) is 6.92 Å². The highest BCUT2D eigenvalue weighted by molar-refractivity contribution is 7.89. The van der Waals surface area contributed by atoms with Crippen molar-refractivity contribution in [2.75, 3.05) is 45.9 Å². The molecule has 3 rings (SSSR count). The highest BCUT2D eigenvalue weighted by atomic mass is 32.2. The molecule has 2 amide bonds. The van der Waals surface area contributed by atoms with Crippen molar-refractivity contribution in [2.45, 2.75) is 30.8 Å². The molecule has 150 valence electrons. The molecule has 1 atom stereocenters. The molecule has 0 radical (unpaired) electrons. The van der Waals surface area contributed by atoms with Gasteiger partial charge in [0.05, 0.1) is 24.3 Å². The number of amides is 2. The van der Waals surface area contributed by atoms with E-state index < -0.39 is 16.2 Å². The van der Waals surface area contributed by atoms with Crippen LogP contribution in [-0.4, -0.2) is 75.8 Å². The summed E-state index contributed by atoms with van der Waals surface area (Å²) in [4.78, 5) is 14.7. The lowest BCUT2D eigenvalue weighted by molar-refractivity contribution is 0.0387. The van der Waals surface area contributed by atoms with Crippen LogP contribution >= 0.6 is 0 Å². The molecule has 8 nitrogen and oxygen atoms in total. The third kappa shape index (κ3) is 5.19. The number of nitrogens with one attached hydrogen (secondary N) is 2. The topological polar surface area (TPSA) is 91.0 Å². The highest BCUT2D eigenvalue weighted by Crippen LogP contribution is 2.24. The van der Waals surface area contributed by atoms with Crippen LogP contribution in [0.3, 0.4) is 0 Å². The summed E-state index contributed by atoms with van der Waals surface area (Å²) >= 11 is 0. The molecule has 0 spiro atoms. The molecule has 2 fully saturated rings. The monoisotopic (exact) mass is 396 g/mol. The number of sulfonamides is 1. The van der Waals surface area contributed by atoms with Gasteiger partial charge in [0.1, 0.15) is 0 Å². The number of hydrogen-bond donors (Lipinski definition) is 2. The van der Waals surface area contributed by atoms with Crippen molar-refractivity contribution in [3.63, 3.8) is 0 Å². The molecule has 2 heterocycles. The number of aryl methyl sites for hydroxylation is 1. The van der Waals surface area contributed by atoms with E-state index in [2.05, 4.69) is 15.5 Å². The predicted octanol–water partition coefficient (Wildman–Crippen LogP) is 0.737. The van der Waals surface area contributed by atoms with E-state index >= 15 is 0 Å². The van der Waals surface area contributed by atoms with Gasteiger partial charge in [0.15, 0.2) is 0 Å². The molecule has 2 aliphatic rings.